The van der Waals surface area contributed by atoms with Gasteiger partial charge in [-0.3, -0.25) is 9.88 Å². The quantitative estimate of drug-likeness (QED) is 0.865. The maximum atomic E-state index is 4.61. The molecule has 0 aliphatic carbocycles. The van der Waals surface area contributed by atoms with Crippen molar-refractivity contribution >= 4 is 0 Å². The Morgan fingerprint density at radius 1 is 1.30 bits per heavy atom. The molecule has 3 nitrogen and oxygen atoms in total. The molecular weight excluding hydrogens is 246 g/mol. The highest BCUT2D eigenvalue weighted by atomic mass is 15.1. The highest BCUT2D eigenvalue weighted by Crippen LogP contribution is 2.24. The summed E-state index contributed by atoms with van der Waals surface area (Å²) < 4.78 is 0. The molecule has 1 aromatic heterocycles. The summed E-state index contributed by atoms with van der Waals surface area (Å²) in [5, 5.41) is 3.42. The van der Waals surface area contributed by atoms with Crippen LogP contribution in [0.25, 0.3) is 0 Å². The molecule has 1 aliphatic heterocycles. The topological polar surface area (TPSA) is 28.2 Å². The van der Waals surface area contributed by atoms with Crippen molar-refractivity contribution in [2.24, 2.45) is 11.8 Å². The molecule has 0 saturated carbocycles. The molecule has 2 heterocycles. The van der Waals surface area contributed by atoms with Crippen LogP contribution in [-0.2, 0) is 13.1 Å². The number of nitrogens with one attached hydrogen (secondary N) is 1. The van der Waals surface area contributed by atoms with E-state index in [-0.39, 0.29) is 0 Å². The monoisotopic (exact) mass is 275 g/mol. The van der Waals surface area contributed by atoms with Gasteiger partial charge in [0.2, 0.25) is 0 Å². The Morgan fingerprint density at radius 3 is 2.65 bits per heavy atom. The van der Waals surface area contributed by atoms with Gasteiger partial charge in [0.1, 0.15) is 0 Å². The number of aromatic nitrogens is 1. The van der Waals surface area contributed by atoms with Gasteiger partial charge in [0.25, 0.3) is 0 Å². The summed E-state index contributed by atoms with van der Waals surface area (Å²) in [6, 6.07) is 4.90. The van der Waals surface area contributed by atoms with Crippen LogP contribution in [0.2, 0.25) is 0 Å². The van der Waals surface area contributed by atoms with Crippen LogP contribution in [-0.4, -0.2) is 29.0 Å². The Labute approximate surface area is 123 Å². The lowest BCUT2D eigenvalue weighted by Gasteiger charge is -2.17. The zero-order chi connectivity index (χ0) is 14.5. The smallest absolute Gasteiger partial charge is 0.0544 e. The van der Waals surface area contributed by atoms with E-state index in [9.17, 15) is 0 Å². The van der Waals surface area contributed by atoms with Crippen LogP contribution >= 0.6 is 0 Å². The molecule has 0 amide bonds. The van der Waals surface area contributed by atoms with Crippen molar-refractivity contribution in [1.29, 1.82) is 0 Å². The normalized spacial score (nSPS) is 20.2. The van der Waals surface area contributed by atoms with Crippen LogP contribution in [0.3, 0.4) is 0 Å². The summed E-state index contributed by atoms with van der Waals surface area (Å²) in [6.07, 6.45) is 3.36. The van der Waals surface area contributed by atoms with Crippen molar-refractivity contribution in [2.45, 2.75) is 53.2 Å². The van der Waals surface area contributed by atoms with Gasteiger partial charge in [-0.2, -0.15) is 0 Å². The van der Waals surface area contributed by atoms with Gasteiger partial charge in [0.05, 0.1) is 5.69 Å². The van der Waals surface area contributed by atoms with Crippen LogP contribution in [0.5, 0.6) is 0 Å². The highest BCUT2D eigenvalue weighted by molar-refractivity contribution is 5.14. The fourth-order valence-electron chi connectivity index (χ4n) is 2.75. The standard InChI is InChI=1S/C17H29N3/c1-13(2)16-7-8-20(11-16)12-17-6-5-15(10-19-17)9-18-14(3)4/h5-6,10,13-14,16,18H,7-9,11-12H2,1-4H3. The molecule has 1 N–H and O–H groups in total. The van der Waals surface area contributed by atoms with Crippen molar-refractivity contribution < 1.29 is 0 Å². The summed E-state index contributed by atoms with van der Waals surface area (Å²) in [4.78, 5) is 7.15. The first-order chi connectivity index (χ1) is 9.54. The van der Waals surface area contributed by atoms with E-state index in [1.54, 1.807) is 0 Å². The Bertz CT molecular complexity index is 397. The lowest BCUT2D eigenvalue weighted by molar-refractivity contribution is 0.294. The maximum Gasteiger partial charge on any atom is 0.0544 e. The van der Waals surface area contributed by atoms with Crippen LogP contribution < -0.4 is 5.32 Å². The van der Waals surface area contributed by atoms with E-state index < -0.39 is 0 Å². The van der Waals surface area contributed by atoms with E-state index in [1.807, 2.05) is 6.20 Å². The fourth-order valence-corrected chi connectivity index (χ4v) is 2.75. The zero-order valence-electron chi connectivity index (χ0n) is 13.4. The van der Waals surface area contributed by atoms with Gasteiger partial charge in [-0.15, -0.1) is 0 Å². The Hall–Kier alpha value is -0.930. The van der Waals surface area contributed by atoms with Gasteiger partial charge < -0.3 is 5.32 Å². The number of hydrogen-bond acceptors (Lipinski definition) is 3. The van der Waals surface area contributed by atoms with Gasteiger partial charge in [-0.05, 0) is 36.4 Å². The van der Waals surface area contributed by atoms with E-state index in [0.717, 1.165) is 24.9 Å². The third kappa shape index (κ3) is 4.57. The minimum absolute atomic E-state index is 0.521. The fraction of sp³-hybridized carbons (Fsp3) is 0.706. The van der Waals surface area contributed by atoms with Crippen molar-refractivity contribution in [3.05, 3.63) is 29.6 Å². The molecular formula is C17H29N3. The van der Waals surface area contributed by atoms with Gasteiger partial charge in [-0.25, -0.2) is 0 Å². The molecule has 0 spiro atoms. The van der Waals surface area contributed by atoms with Crippen molar-refractivity contribution in [3.8, 4) is 0 Å². The van der Waals surface area contributed by atoms with E-state index in [0.29, 0.717) is 6.04 Å². The highest BCUT2D eigenvalue weighted by Gasteiger charge is 2.24. The lowest BCUT2D eigenvalue weighted by Crippen LogP contribution is -2.23. The summed E-state index contributed by atoms with van der Waals surface area (Å²) in [5.41, 5.74) is 2.46. The third-order valence-corrected chi connectivity index (χ3v) is 4.24. The number of hydrogen-bond donors (Lipinski definition) is 1. The molecule has 1 atom stereocenters. The molecule has 2 rings (SSSR count). The molecule has 0 bridgehead atoms. The van der Waals surface area contributed by atoms with E-state index in [4.69, 9.17) is 0 Å². The molecule has 20 heavy (non-hydrogen) atoms. The average Bonchev–Trinajstić information content (AvgIpc) is 2.86. The van der Waals surface area contributed by atoms with E-state index >= 15 is 0 Å². The minimum atomic E-state index is 0.521. The molecule has 1 unspecified atom stereocenters. The second-order valence-corrected chi connectivity index (χ2v) is 6.72. The molecule has 1 fully saturated rings. The summed E-state index contributed by atoms with van der Waals surface area (Å²) in [5.74, 6) is 1.67. The number of nitrogens with zero attached hydrogens (tertiary/aromatic N) is 2. The van der Waals surface area contributed by atoms with Gasteiger partial charge in [0, 0.05) is 31.9 Å². The van der Waals surface area contributed by atoms with Crippen LogP contribution in [0.15, 0.2) is 18.3 Å². The Balaban J connectivity index is 1.82. The Kier molecular flexibility index (Phi) is 5.55. The van der Waals surface area contributed by atoms with E-state index in [2.05, 4.69) is 55.0 Å². The summed E-state index contributed by atoms with van der Waals surface area (Å²) in [7, 11) is 0. The minimum Gasteiger partial charge on any atom is -0.310 e. The first kappa shape index (κ1) is 15.5. The van der Waals surface area contributed by atoms with Gasteiger partial charge in [-0.1, -0.05) is 33.8 Å². The predicted molar refractivity (Wildman–Crippen MR) is 84.4 cm³/mol. The molecule has 1 saturated heterocycles. The Morgan fingerprint density at radius 2 is 2.10 bits per heavy atom. The first-order valence-electron chi connectivity index (χ1n) is 7.94. The lowest BCUT2D eigenvalue weighted by atomic mass is 9.95. The number of likely N-dealkylation sites (tertiary alicyclic amines) is 1. The summed E-state index contributed by atoms with van der Waals surface area (Å²) in [6.45, 7) is 13.4. The first-order valence-corrected chi connectivity index (χ1v) is 7.94. The third-order valence-electron chi connectivity index (χ3n) is 4.24. The van der Waals surface area contributed by atoms with Crippen molar-refractivity contribution in [2.75, 3.05) is 13.1 Å². The number of rotatable bonds is 6. The average molecular weight is 275 g/mol. The molecule has 0 aromatic carbocycles. The predicted octanol–water partition coefficient (Wildman–Crippen LogP) is 3.06. The van der Waals surface area contributed by atoms with E-state index in [1.165, 1.54) is 30.8 Å². The maximum absolute atomic E-state index is 4.61. The van der Waals surface area contributed by atoms with Gasteiger partial charge in [0.15, 0.2) is 0 Å². The zero-order valence-corrected chi connectivity index (χ0v) is 13.4. The van der Waals surface area contributed by atoms with Crippen LogP contribution in [0.1, 0.15) is 45.4 Å². The SMILES string of the molecule is CC(C)NCc1ccc(CN2CCC(C(C)C)C2)nc1. The van der Waals surface area contributed by atoms with Crippen molar-refractivity contribution in [3.63, 3.8) is 0 Å². The van der Waals surface area contributed by atoms with Crippen LogP contribution in [0.4, 0.5) is 0 Å². The summed E-state index contributed by atoms with van der Waals surface area (Å²) >= 11 is 0. The van der Waals surface area contributed by atoms with Crippen molar-refractivity contribution in [1.82, 2.24) is 15.2 Å². The van der Waals surface area contributed by atoms with Crippen LogP contribution in [0, 0.1) is 11.8 Å². The molecule has 1 aliphatic rings. The molecule has 0 radical (unpaired) electrons. The van der Waals surface area contributed by atoms with Gasteiger partial charge >= 0.3 is 0 Å². The molecule has 112 valence electrons. The second-order valence-electron chi connectivity index (χ2n) is 6.72. The number of pyridine rings is 1. The largest absolute Gasteiger partial charge is 0.310 e. The second kappa shape index (κ2) is 7.19. The molecule has 3 heteroatoms. The molecule has 1 aromatic rings.